The summed E-state index contributed by atoms with van der Waals surface area (Å²) in [6.45, 7) is 1.94. The highest BCUT2D eigenvalue weighted by atomic mass is 32.2. The fourth-order valence-corrected chi connectivity index (χ4v) is 2.86. The molecule has 0 amide bonds. The van der Waals surface area contributed by atoms with E-state index in [1.165, 1.54) is 19.3 Å². The summed E-state index contributed by atoms with van der Waals surface area (Å²) >= 11 is 1.90. The molecular weight excluding hydrogens is 232 g/mol. The number of nitriles is 1. The van der Waals surface area contributed by atoms with Crippen molar-refractivity contribution in [1.29, 1.82) is 5.26 Å². The van der Waals surface area contributed by atoms with Crippen molar-refractivity contribution in [3.63, 3.8) is 0 Å². The monoisotopic (exact) mass is 248 g/mol. The van der Waals surface area contributed by atoms with Gasteiger partial charge in [-0.1, -0.05) is 6.42 Å². The molecule has 0 N–H and O–H groups in total. The summed E-state index contributed by atoms with van der Waals surface area (Å²) < 4.78 is 0. The van der Waals surface area contributed by atoms with Crippen LogP contribution in [0.2, 0.25) is 0 Å². The number of anilines is 1. The van der Waals surface area contributed by atoms with Gasteiger partial charge in [0, 0.05) is 30.7 Å². The first-order valence-electron chi connectivity index (χ1n) is 5.84. The molecule has 1 aliphatic rings. The Morgan fingerprint density at radius 3 is 3.00 bits per heavy atom. The third-order valence-electron chi connectivity index (χ3n) is 3.05. The van der Waals surface area contributed by atoms with Crippen LogP contribution in [-0.2, 0) is 0 Å². The van der Waals surface area contributed by atoms with Crippen LogP contribution in [0.3, 0.4) is 0 Å². The van der Waals surface area contributed by atoms with Crippen molar-refractivity contribution in [2.45, 2.75) is 24.5 Å². The Bertz CT molecular complexity index is 415. The molecule has 1 aromatic heterocycles. The second kappa shape index (κ2) is 5.87. The fourth-order valence-electron chi connectivity index (χ4n) is 2.13. The third kappa shape index (κ3) is 2.89. The summed E-state index contributed by atoms with van der Waals surface area (Å²) in [7, 11) is 0. The molecule has 5 heteroatoms. The van der Waals surface area contributed by atoms with Crippen molar-refractivity contribution in [2.24, 2.45) is 0 Å². The molecule has 0 bridgehead atoms. The molecule has 0 saturated carbocycles. The average molecular weight is 248 g/mol. The minimum absolute atomic E-state index is 0.439. The van der Waals surface area contributed by atoms with Crippen molar-refractivity contribution in [2.75, 3.05) is 24.2 Å². The highest BCUT2D eigenvalue weighted by Gasteiger charge is 2.20. The molecule has 1 aliphatic heterocycles. The molecule has 0 spiro atoms. The molecule has 1 atom stereocenters. The maximum Gasteiger partial charge on any atom is 0.183 e. The second-order valence-corrected chi connectivity index (χ2v) is 5.28. The molecule has 1 fully saturated rings. The van der Waals surface area contributed by atoms with Gasteiger partial charge in [0.05, 0.1) is 0 Å². The SMILES string of the molecule is CSC1CCCCN(c2nccnc2C#N)C1. The van der Waals surface area contributed by atoms with E-state index in [2.05, 4.69) is 27.2 Å². The Morgan fingerprint density at radius 2 is 2.24 bits per heavy atom. The van der Waals surface area contributed by atoms with Gasteiger partial charge in [0.2, 0.25) is 0 Å². The maximum atomic E-state index is 9.06. The Hall–Kier alpha value is -1.28. The second-order valence-electron chi connectivity index (χ2n) is 4.14. The summed E-state index contributed by atoms with van der Waals surface area (Å²) in [6.07, 6.45) is 9.06. The quantitative estimate of drug-likeness (QED) is 0.802. The highest BCUT2D eigenvalue weighted by molar-refractivity contribution is 7.99. The highest BCUT2D eigenvalue weighted by Crippen LogP contribution is 2.24. The number of hydrogen-bond acceptors (Lipinski definition) is 5. The Labute approximate surface area is 106 Å². The first-order chi connectivity index (χ1) is 8.35. The van der Waals surface area contributed by atoms with E-state index in [0.717, 1.165) is 18.9 Å². The van der Waals surface area contributed by atoms with Crippen LogP contribution in [0.15, 0.2) is 12.4 Å². The maximum absolute atomic E-state index is 9.06. The van der Waals surface area contributed by atoms with Gasteiger partial charge in [0.25, 0.3) is 0 Å². The molecule has 0 radical (unpaired) electrons. The van der Waals surface area contributed by atoms with Gasteiger partial charge in [-0.2, -0.15) is 17.0 Å². The first-order valence-corrected chi connectivity index (χ1v) is 7.12. The molecule has 1 aromatic rings. The van der Waals surface area contributed by atoms with E-state index in [4.69, 9.17) is 5.26 Å². The standard InChI is InChI=1S/C12H16N4S/c1-17-10-4-2-3-7-16(9-10)12-11(8-13)14-5-6-15-12/h5-6,10H,2-4,7,9H2,1H3. The lowest BCUT2D eigenvalue weighted by Gasteiger charge is -2.24. The van der Waals surface area contributed by atoms with Gasteiger partial charge in [-0.25, -0.2) is 9.97 Å². The van der Waals surface area contributed by atoms with E-state index >= 15 is 0 Å². The molecule has 1 saturated heterocycles. The molecule has 1 unspecified atom stereocenters. The summed E-state index contributed by atoms with van der Waals surface area (Å²) in [4.78, 5) is 10.6. The largest absolute Gasteiger partial charge is 0.353 e. The van der Waals surface area contributed by atoms with Crippen LogP contribution in [0, 0.1) is 11.3 Å². The number of nitrogens with zero attached hydrogens (tertiary/aromatic N) is 4. The van der Waals surface area contributed by atoms with Gasteiger partial charge in [-0.3, -0.25) is 0 Å². The molecule has 4 nitrogen and oxygen atoms in total. The molecule has 2 rings (SSSR count). The van der Waals surface area contributed by atoms with E-state index < -0.39 is 0 Å². The zero-order chi connectivity index (χ0) is 12.1. The molecule has 90 valence electrons. The van der Waals surface area contributed by atoms with Crippen LogP contribution in [0.25, 0.3) is 0 Å². The fraction of sp³-hybridized carbons (Fsp3) is 0.583. The molecule has 17 heavy (non-hydrogen) atoms. The van der Waals surface area contributed by atoms with Crippen molar-refractivity contribution >= 4 is 17.6 Å². The van der Waals surface area contributed by atoms with Crippen molar-refractivity contribution in [3.8, 4) is 6.07 Å². The summed E-state index contributed by atoms with van der Waals surface area (Å²) in [5, 5.41) is 9.69. The van der Waals surface area contributed by atoms with E-state index in [9.17, 15) is 0 Å². The Kier molecular flexibility index (Phi) is 4.21. The smallest absolute Gasteiger partial charge is 0.183 e. The number of rotatable bonds is 2. The lowest BCUT2D eigenvalue weighted by Crippen LogP contribution is -2.31. The number of hydrogen-bond donors (Lipinski definition) is 0. The first kappa shape index (κ1) is 12.2. The van der Waals surface area contributed by atoms with Gasteiger partial charge >= 0.3 is 0 Å². The minimum atomic E-state index is 0.439. The van der Waals surface area contributed by atoms with E-state index in [1.54, 1.807) is 12.4 Å². The lowest BCUT2D eigenvalue weighted by molar-refractivity contribution is 0.736. The molecule has 0 aliphatic carbocycles. The number of aromatic nitrogens is 2. The van der Waals surface area contributed by atoms with Crippen LogP contribution in [0.4, 0.5) is 5.82 Å². The van der Waals surface area contributed by atoms with Crippen LogP contribution in [0.5, 0.6) is 0 Å². The zero-order valence-corrected chi connectivity index (χ0v) is 10.8. The third-order valence-corrected chi connectivity index (χ3v) is 4.10. The predicted molar refractivity (Wildman–Crippen MR) is 70.1 cm³/mol. The summed E-state index contributed by atoms with van der Waals surface area (Å²) in [6, 6.07) is 2.12. The van der Waals surface area contributed by atoms with E-state index in [0.29, 0.717) is 10.9 Å². The topological polar surface area (TPSA) is 52.8 Å². The van der Waals surface area contributed by atoms with Crippen LogP contribution in [0.1, 0.15) is 25.0 Å². The van der Waals surface area contributed by atoms with Crippen molar-refractivity contribution in [3.05, 3.63) is 18.1 Å². The lowest BCUT2D eigenvalue weighted by atomic mass is 10.2. The molecule has 2 heterocycles. The number of thioether (sulfide) groups is 1. The zero-order valence-electron chi connectivity index (χ0n) is 9.96. The molecule has 0 aromatic carbocycles. The summed E-state index contributed by atoms with van der Waals surface area (Å²) in [5.41, 5.74) is 0.439. The molecular formula is C12H16N4S. The Morgan fingerprint density at radius 1 is 1.41 bits per heavy atom. The normalized spacial score (nSPS) is 20.7. The van der Waals surface area contributed by atoms with Gasteiger partial charge in [-0.15, -0.1) is 0 Å². The average Bonchev–Trinajstić information content (AvgIpc) is 2.64. The van der Waals surface area contributed by atoms with Crippen LogP contribution in [-0.4, -0.2) is 34.6 Å². The van der Waals surface area contributed by atoms with Crippen molar-refractivity contribution in [1.82, 2.24) is 9.97 Å². The summed E-state index contributed by atoms with van der Waals surface area (Å²) in [5.74, 6) is 0.746. The predicted octanol–water partition coefficient (Wildman–Crippen LogP) is 2.07. The van der Waals surface area contributed by atoms with E-state index in [-0.39, 0.29) is 0 Å². The van der Waals surface area contributed by atoms with Gasteiger partial charge in [-0.05, 0) is 19.1 Å². The minimum Gasteiger partial charge on any atom is -0.353 e. The van der Waals surface area contributed by atoms with Crippen molar-refractivity contribution < 1.29 is 0 Å². The van der Waals surface area contributed by atoms with E-state index in [1.807, 2.05) is 11.8 Å². The van der Waals surface area contributed by atoms with Crippen LogP contribution < -0.4 is 4.90 Å². The van der Waals surface area contributed by atoms with Crippen LogP contribution >= 0.6 is 11.8 Å². The van der Waals surface area contributed by atoms with Gasteiger partial charge in [0.1, 0.15) is 6.07 Å². The van der Waals surface area contributed by atoms with Gasteiger partial charge in [0.15, 0.2) is 11.5 Å². The van der Waals surface area contributed by atoms with Gasteiger partial charge < -0.3 is 4.90 Å². The Balaban J connectivity index is 2.22.